The predicted octanol–water partition coefficient (Wildman–Crippen LogP) is 2.51. The number of hydrogen-bond acceptors (Lipinski definition) is 4. The number of benzene rings is 2. The molecule has 5 nitrogen and oxygen atoms in total. The molecule has 0 unspecified atom stereocenters. The zero-order valence-corrected chi connectivity index (χ0v) is 14.4. The molecule has 3 N–H and O–H groups in total. The molecule has 0 radical (unpaired) electrons. The van der Waals surface area contributed by atoms with E-state index in [4.69, 9.17) is 16.7 Å². The smallest absolute Gasteiger partial charge is 0.251 e. The van der Waals surface area contributed by atoms with E-state index in [2.05, 4.69) is 5.32 Å². The Morgan fingerprint density at radius 1 is 1.17 bits per heavy atom. The minimum atomic E-state index is -3.97. The van der Waals surface area contributed by atoms with Gasteiger partial charge in [-0.15, -0.1) is 11.8 Å². The van der Waals surface area contributed by atoms with Gasteiger partial charge in [-0.05, 0) is 30.3 Å². The summed E-state index contributed by atoms with van der Waals surface area (Å²) in [7, 11) is -3.97. The minimum Gasteiger partial charge on any atom is -0.351 e. The molecule has 2 aromatic rings. The second-order valence-corrected chi connectivity index (χ2v) is 7.71. The molecule has 0 saturated heterocycles. The van der Waals surface area contributed by atoms with Crippen LogP contribution in [0.4, 0.5) is 0 Å². The van der Waals surface area contributed by atoms with Crippen molar-refractivity contribution in [2.75, 3.05) is 12.3 Å². The number of nitrogens with one attached hydrogen (secondary N) is 1. The second-order valence-electron chi connectivity index (χ2n) is 4.61. The third-order valence-electron chi connectivity index (χ3n) is 2.90. The number of sulfonamides is 1. The molecule has 2 aromatic carbocycles. The first kappa shape index (κ1) is 17.8. The lowest BCUT2D eigenvalue weighted by atomic mass is 10.2. The van der Waals surface area contributed by atoms with Gasteiger partial charge >= 0.3 is 0 Å². The van der Waals surface area contributed by atoms with Gasteiger partial charge in [0, 0.05) is 22.8 Å². The lowest BCUT2D eigenvalue weighted by Gasteiger charge is -2.07. The molecule has 0 fully saturated rings. The summed E-state index contributed by atoms with van der Waals surface area (Å²) in [6.07, 6.45) is 0. The van der Waals surface area contributed by atoms with Crippen molar-refractivity contribution in [3.63, 3.8) is 0 Å². The molecular weight excluding hydrogens is 356 g/mol. The van der Waals surface area contributed by atoms with Crippen molar-refractivity contribution < 1.29 is 13.2 Å². The third-order valence-corrected chi connectivity index (χ3v) is 5.31. The van der Waals surface area contributed by atoms with Crippen molar-refractivity contribution in [3.05, 3.63) is 59.1 Å². The van der Waals surface area contributed by atoms with Crippen LogP contribution in [0.2, 0.25) is 5.02 Å². The summed E-state index contributed by atoms with van der Waals surface area (Å²) in [5, 5.41) is 7.78. The zero-order valence-electron chi connectivity index (χ0n) is 12.0. The number of thioether (sulfide) groups is 1. The Labute approximate surface area is 144 Å². The minimum absolute atomic E-state index is 0.0105. The van der Waals surface area contributed by atoms with Gasteiger partial charge in [-0.1, -0.05) is 29.8 Å². The van der Waals surface area contributed by atoms with E-state index in [-0.39, 0.29) is 21.4 Å². The quantitative estimate of drug-likeness (QED) is 0.604. The second kappa shape index (κ2) is 7.83. The highest BCUT2D eigenvalue weighted by Gasteiger charge is 2.16. The Hall–Kier alpha value is -1.54. The van der Waals surface area contributed by atoms with Gasteiger partial charge < -0.3 is 5.32 Å². The SMILES string of the molecule is NS(=O)(=O)c1cc(C(=O)NCCSc2ccccc2)ccc1Cl. The first-order chi connectivity index (χ1) is 10.9. The fourth-order valence-electron chi connectivity index (χ4n) is 1.81. The zero-order chi connectivity index (χ0) is 16.9. The Morgan fingerprint density at radius 3 is 2.52 bits per heavy atom. The van der Waals surface area contributed by atoms with Gasteiger partial charge in [0.1, 0.15) is 4.90 Å². The van der Waals surface area contributed by atoms with Crippen LogP contribution in [0.1, 0.15) is 10.4 Å². The average Bonchev–Trinajstić information content (AvgIpc) is 2.51. The van der Waals surface area contributed by atoms with Crippen molar-refractivity contribution in [3.8, 4) is 0 Å². The topological polar surface area (TPSA) is 89.3 Å². The molecule has 0 heterocycles. The number of carbonyl (C=O) groups excluding carboxylic acids is 1. The van der Waals surface area contributed by atoms with E-state index in [1.165, 1.54) is 18.2 Å². The number of nitrogens with two attached hydrogens (primary N) is 1. The van der Waals surface area contributed by atoms with E-state index in [0.29, 0.717) is 12.3 Å². The summed E-state index contributed by atoms with van der Waals surface area (Å²) >= 11 is 7.40. The van der Waals surface area contributed by atoms with E-state index in [0.717, 1.165) is 4.90 Å². The summed E-state index contributed by atoms with van der Waals surface area (Å²) in [6.45, 7) is 0.450. The normalized spacial score (nSPS) is 11.2. The molecule has 122 valence electrons. The van der Waals surface area contributed by atoms with Crippen LogP contribution in [-0.2, 0) is 10.0 Å². The van der Waals surface area contributed by atoms with E-state index in [1.807, 2.05) is 30.3 Å². The molecule has 0 saturated carbocycles. The summed E-state index contributed by atoms with van der Waals surface area (Å²) in [6, 6.07) is 13.8. The number of hydrogen-bond donors (Lipinski definition) is 2. The van der Waals surface area contributed by atoms with Crippen LogP contribution in [0.3, 0.4) is 0 Å². The first-order valence-electron chi connectivity index (χ1n) is 6.66. The van der Waals surface area contributed by atoms with Crippen molar-refractivity contribution in [2.24, 2.45) is 5.14 Å². The predicted molar refractivity (Wildman–Crippen MR) is 92.3 cm³/mol. The maximum Gasteiger partial charge on any atom is 0.251 e. The molecule has 2 rings (SSSR count). The van der Waals surface area contributed by atoms with Gasteiger partial charge in [0.05, 0.1) is 5.02 Å². The van der Waals surface area contributed by atoms with Crippen LogP contribution in [0.5, 0.6) is 0 Å². The van der Waals surface area contributed by atoms with Crippen molar-refractivity contribution >= 4 is 39.3 Å². The number of halogens is 1. The Morgan fingerprint density at radius 2 is 1.87 bits per heavy atom. The molecule has 1 amide bonds. The summed E-state index contributed by atoms with van der Waals surface area (Å²) < 4.78 is 22.8. The van der Waals surface area contributed by atoms with E-state index < -0.39 is 10.0 Å². The molecular formula is C15H15ClN2O3S2. The lowest BCUT2D eigenvalue weighted by molar-refractivity contribution is 0.0956. The molecule has 8 heteroatoms. The molecule has 0 atom stereocenters. The van der Waals surface area contributed by atoms with Crippen LogP contribution in [0.25, 0.3) is 0 Å². The molecule has 0 aliphatic heterocycles. The monoisotopic (exact) mass is 370 g/mol. The standard InChI is InChI=1S/C15H15ClN2O3S2/c16-13-7-6-11(10-14(13)23(17,20)21)15(19)18-8-9-22-12-4-2-1-3-5-12/h1-7,10H,8-9H2,(H,18,19)(H2,17,20,21). The maximum atomic E-state index is 12.0. The Kier molecular flexibility index (Phi) is 6.06. The number of rotatable bonds is 6. The van der Waals surface area contributed by atoms with Gasteiger partial charge in [-0.3, -0.25) is 4.79 Å². The highest BCUT2D eigenvalue weighted by molar-refractivity contribution is 7.99. The molecule has 23 heavy (non-hydrogen) atoms. The van der Waals surface area contributed by atoms with E-state index in [1.54, 1.807) is 11.8 Å². The van der Waals surface area contributed by atoms with Crippen LogP contribution in [-0.4, -0.2) is 26.6 Å². The van der Waals surface area contributed by atoms with Gasteiger partial charge in [-0.25, -0.2) is 13.6 Å². The lowest BCUT2D eigenvalue weighted by Crippen LogP contribution is -2.26. The molecule has 0 aliphatic carbocycles. The summed E-state index contributed by atoms with van der Waals surface area (Å²) in [5.74, 6) is 0.325. The number of carbonyl (C=O) groups is 1. The van der Waals surface area contributed by atoms with Crippen LogP contribution in [0.15, 0.2) is 58.3 Å². The van der Waals surface area contributed by atoms with E-state index in [9.17, 15) is 13.2 Å². The number of amides is 1. The Bertz CT molecular complexity index is 796. The summed E-state index contributed by atoms with van der Waals surface area (Å²) in [4.78, 5) is 12.9. The summed E-state index contributed by atoms with van der Waals surface area (Å²) in [5.41, 5.74) is 0.197. The van der Waals surface area contributed by atoms with Gasteiger partial charge in [0.25, 0.3) is 5.91 Å². The maximum absolute atomic E-state index is 12.0. The van der Waals surface area contributed by atoms with E-state index >= 15 is 0 Å². The van der Waals surface area contributed by atoms with Crippen LogP contribution < -0.4 is 10.5 Å². The first-order valence-corrected chi connectivity index (χ1v) is 9.57. The van der Waals surface area contributed by atoms with Crippen molar-refractivity contribution in [1.82, 2.24) is 5.32 Å². The molecule has 0 aromatic heterocycles. The van der Waals surface area contributed by atoms with Crippen LogP contribution >= 0.6 is 23.4 Å². The highest BCUT2D eigenvalue weighted by Crippen LogP contribution is 2.21. The van der Waals surface area contributed by atoms with Crippen molar-refractivity contribution in [2.45, 2.75) is 9.79 Å². The van der Waals surface area contributed by atoms with Crippen molar-refractivity contribution in [1.29, 1.82) is 0 Å². The fourth-order valence-corrected chi connectivity index (χ4v) is 3.68. The highest BCUT2D eigenvalue weighted by atomic mass is 35.5. The van der Waals surface area contributed by atoms with Gasteiger partial charge in [0.15, 0.2) is 0 Å². The largest absolute Gasteiger partial charge is 0.351 e. The van der Waals surface area contributed by atoms with Gasteiger partial charge in [-0.2, -0.15) is 0 Å². The fraction of sp³-hybridized carbons (Fsp3) is 0.133. The van der Waals surface area contributed by atoms with Crippen LogP contribution in [0, 0.1) is 0 Å². The third kappa shape index (κ3) is 5.24. The van der Waals surface area contributed by atoms with Gasteiger partial charge in [0.2, 0.25) is 10.0 Å². The average molecular weight is 371 g/mol. The number of primary sulfonamides is 1. The molecule has 0 bridgehead atoms. The Balaban J connectivity index is 1.94. The molecule has 0 aliphatic rings. The molecule has 0 spiro atoms.